The first kappa shape index (κ1) is 21.2. The number of hydrogen-bond acceptors (Lipinski definition) is 4. The molecule has 0 radical (unpaired) electrons. The van der Waals surface area contributed by atoms with Gasteiger partial charge in [0.15, 0.2) is 12.4 Å². The van der Waals surface area contributed by atoms with Crippen LogP contribution in [0.25, 0.3) is 22.1 Å². The number of benzene rings is 3. The van der Waals surface area contributed by atoms with Crippen LogP contribution in [-0.4, -0.2) is 12.4 Å². The maximum absolute atomic E-state index is 12.7. The molecule has 5 rings (SSSR count). The van der Waals surface area contributed by atoms with E-state index < -0.39 is 0 Å². The van der Waals surface area contributed by atoms with E-state index in [1.807, 2.05) is 73.7 Å². The van der Waals surface area contributed by atoms with Gasteiger partial charge in [-0.1, -0.05) is 61.0 Å². The summed E-state index contributed by atoms with van der Waals surface area (Å²) in [5.41, 5.74) is 5.79. The maximum Gasteiger partial charge on any atom is 0.339 e. The second kappa shape index (κ2) is 9.07. The summed E-state index contributed by atoms with van der Waals surface area (Å²) in [5.74, 6) is 0.464. The zero-order chi connectivity index (χ0) is 22.8. The number of rotatable bonds is 5. The Hall–Kier alpha value is -3.66. The minimum absolute atomic E-state index is 0.0772. The van der Waals surface area contributed by atoms with Crippen molar-refractivity contribution in [1.29, 1.82) is 0 Å². The van der Waals surface area contributed by atoms with Crippen molar-refractivity contribution in [2.24, 2.45) is 0 Å². The molecule has 4 aromatic rings. The lowest BCUT2D eigenvalue weighted by molar-refractivity contribution is 0.0921. The third kappa shape index (κ3) is 4.21. The quantitative estimate of drug-likeness (QED) is 0.208. The third-order valence-electron chi connectivity index (χ3n) is 6.51. The second-order valence-corrected chi connectivity index (χ2v) is 8.63. The lowest BCUT2D eigenvalue weighted by atomic mass is 9.98. The van der Waals surface area contributed by atoms with Crippen molar-refractivity contribution in [2.75, 3.05) is 6.61 Å². The molecule has 0 unspecified atom stereocenters. The fourth-order valence-corrected chi connectivity index (χ4v) is 4.66. The van der Waals surface area contributed by atoms with Crippen LogP contribution in [0, 0.1) is 6.92 Å². The number of carbonyl (C=O) groups is 1. The average Bonchev–Trinajstić information content (AvgIpc) is 3.12. The van der Waals surface area contributed by atoms with Crippen LogP contribution >= 0.6 is 0 Å². The van der Waals surface area contributed by atoms with Crippen molar-refractivity contribution < 1.29 is 13.9 Å². The van der Waals surface area contributed by atoms with E-state index in [-0.39, 0.29) is 18.0 Å². The van der Waals surface area contributed by atoms with Gasteiger partial charge in [0.05, 0.1) is 0 Å². The van der Waals surface area contributed by atoms with Crippen LogP contribution in [-0.2, 0) is 12.8 Å². The van der Waals surface area contributed by atoms with Gasteiger partial charge in [-0.05, 0) is 61.4 Å². The van der Waals surface area contributed by atoms with Crippen molar-refractivity contribution in [3.05, 3.63) is 99.4 Å². The normalized spacial score (nSPS) is 13.4. The molecule has 0 saturated carbocycles. The smallest absolute Gasteiger partial charge is 0.339 e. The monoisotopic (exact) mass is 438 g/mol. The largest absolute Gasteiger partial charge is 0.485 e. The van der Waals surface area contributed by atoms with Crippen molar-refractivity contribution in [1.82, 2.24) is 0 Å². The molecule has 0 bridgehead atoms. The molecule has 3 aromatic carbocycles. The van der Waals surface area contributed by atoms with E-state index in [0.717, 1.165) is 65.3 Å². The minimum Gasteiger partial charge on any atom is -0.485 e. The SMILES string of the molecule is Cc1c(OCC(=O)c2ccc(-c3ccccc3)cc2)ccc2c3c(c(=O)oc12)CCCCC3. The van der Waals surface area contributed by atoms with Crippen LogP contribution in [0.4, 0.5) is 0 Å². The fraction of sp³-hybridized carbons (Fsp3) is 0.241. The van der Waals surface area contributed by atoms with Gasteiger partial charge in [-0.2, -0.15) is 0 Å². The highest BCUT2D eigenvalue weighted by Gasteiger charge is 2.19. The number of ether oxygens (including phenoxy) is 1. The van der Waals surface area contributed by atoms with Gasteiger partial charge >= 0.3 is 5.63 Å². The highest BCUT2D eigenvalue weighted by Crippen LogP contribution is 2.32. The van der Waals surface area contributed by atoms with Gasteiger partial charge in [0.2, 0.25) is 0 Å². The van der Waals surface area contributed by atoms with Crippen LogP contribution in [0.5, 0.6) is 5.75 Å². The zero-order valence-corrected chi connectivity index (χ0v) is 18.7. The lowest BCUT2D eigenvalue weighted by Crippen LogP contribution is -2.13. The van der Waals surface area contributed by atoms with Crippen LogP contribution in [0.2, 0.25) is 0 Å². The zero-order valence-electron chi connectivity index (χ0n) is 18.7. The maximum atomic E-state index is 12.7. The van der Waals surface area contributed by atoms with E-state index in [0.29, 0.717) is 16.9 Å². The van der Waals surface area contributed by atoms with Crippen molar-refractivity contribution in [2.45, 2.75) is 39.0 Å². The molecule has 4 heteroatoms. The third-order valence-corrected chi connectivity index (χ3v) is 6.51. The highest BCUT2D eigenvalue weighted by molar-refractivity contribution is 5.97. The van der Waals surface area contributed by atoms with Gasteiger partial charge in [-0.3, -0.25) is 4.79 Å². The van der Waals surface area contributed by atoms with Gasteiger partial charge in [-0.25, -0.2) is 4.79 Å². The van der Waals surface area contributed by atoms with E-state index in [1.54, 1.807) is 0 Å². The molecule has 1 aliphatic carbocycles. The van der Waals surface area contributed by atoms with Gasteiger partial charge in [0.25, 0.3) is 0 Å². The summed E-state index contributed by atoms with van der Waals surface area (Å²) < 4.78 is 11.6. The molecule has 1 heterocycles. The Kier molecular flexibility index (Phi) is 5.82. The van der Waals surface area contributed by atoms with Gasteiger partial charge < -0.3 is 9.15 Å². The second-order valence-electron chi connectivity index (χ2n) is 8.63. The highest BCUT2D eigenvalue weighted by atomic mass is 16.5. The summed E-state index contributed by atoms with van der Waals surface area (Å²) in [7, 11) is 0. The molecule has 0 saturated heterocycles. The number of aryl methyl sites for hydroxylation is 2. The summed E-state index contributed by atoms with van der Waals surface area (Å²) >= 11 is 0. The van der Waals surface area contributed by atoms with Gasteiger partial charge in [-0.15, -0.1) is 0 Å². The number of fused-ring (bicyclic) bond motifs is 3. The number of hydrogen-bond donors (Lipinski definition) is 0. The topological polar surface area (TPSA) is 56.5 Å². The van der Waals surface area contributed by atoms with Gasteiger partial charge in [0.1, 0.15) is 11.3 Å². The molecule has 0 spiro atoms. The average molecular weight is 439 g/mol. The molecule has 0 N–H and O–H groups in total. The molecule has 1 aliphatic rings. The summed E-state index contributed by atoms with van der Waals surface area (Å²) in [6.07, 6.45) is 4.92. The molecule has 0 fully saturated rings. The Bertz CT molecular complexity index is 1370. The summed E-state index contributed by atoms with van der Waals surface area (Å²) in [6, 6.07) is 21.5. The Morgan fingerprint density at radius 3 is 2.30 bits per heavy atom. The van der Waals surface area contributed by atoms with Crippen LogP contribution < -0.4 is 10.4 Å². The summed E-state index contributed by atoms with van der Waals surface area (Å²) in [6.45, 7) is 1.80. The number of Topliss-reactive ketones (excluding diaryl/α,β-unsaturated/α-hetero) is 1. The predicted molar refractivity (Wildman–Crippen MR) is 130 cm³/mol. The number of carbonyl (C=O) groups excluding carboxylic acids is 1. The van der Waals surface area contributed by atoms with Gasteiger partial charge in [0, 0.05) is 22.1 Å². The van der Waals surface area contributed by atoms with E-state index in [4.69, 9.17) is 9.15 Å². The van der Waals surface area contributed by atoms with Crippen molar-refractivity contribution >= 4 is 16.8 Å². The van der Waals surface area contributed by atoms with Crippen LogP contribution in [0.15, 0.2) is 75.9 Å². The van der Waals surface area contributed by atoms with E-state index in [1.165, 1.54) is 0 Å². The van der Waals surface area contributed by atoms with E-state index in [9.17, 15) is 9.59 Å². The minimum atomic E-state index is -0.241. The molecule has 0 amide bonds. The first-order valence-corrected chi connectivity index (χ1v) is 11.5. The lowest BCUT2D eigenvalue weighted by Gasteiger charge is -2.13. The number of ketones is 1. The Labute approximate surface area is 192 Å². The van der Waals surface area contributed by atoms with E-state index >= 15 is 0 Å². The first-order chi connectivity index (χ1) is 16.1. The molecular formula is C29H26O4. The molecule has 1 aromatic heterocycles. The Morgan fingerprint density at radius 2 is 1.55 bits per heavy atom. The molecule has 166 valence electrons. The molecule has 0 aliphatic heterocycles. The van der Waals surface area contributed by atoms with Crippen molar-refractivity contribution in [3.8, 4) is 16.9 Å². The summed E-state index contributed by atoms with van der Waals surface area (Å²) in [4.78, 5) is 25.3. The molecule has 0 atom stereocenters. The summed E-state index contributed by atoms with van der Waals surface area (Å²) in [5, 5.41) is 0.985. The van der Waals surface area contributed by atoms with Crippen LogP contribution in [0.3, 0.4) is 0 Å². The molecular weight excluding hydrogens is 412 g/mol. The van der Waals surface area contributed by atoms with Crippen molar-refractivity contribution in [3.63, 3.8) is 0 Å². The predicted octanol–water partition coefficient (Wildman–Crippen LogP) is 6.30. The fourth-order valence-electron chi connectivity index (χ4n) is 4.66. The Morgan fingerprint density at radius 1 is 0.848 bits per heavy atom. The molecule has 33 heavy (non-hydrogen) atoms. The van der Waals surface area contributed by atoms with E-state index in [2.05, 4.69) is 0 Å². The molecule has 4 nitrogen and oxygen atoms in total. The van der Waals surface area contributed by atoms with Crippen LogP contribution in [0.1, 0.15) is 46.3 Å². The first-order valence-electron chi connectivity index (χ1n) is 11.5. The standard InChI is InChI=1S/C29H26O4/c1-19-27(17-16-24-23-10-6-3-7-11-25(23)29(31)33-28(19)24)32-18-26(30)22-14-12-21(13-15-22)20-8-4-2-5-9-20/h2,4-5,8-9,12-17H,3,6-7,10-11,18H2,1H3. The Balaban J connectivity index is 1.36.